The Morgan fingerprint density at radius 3 is 2.33 bits per heavy atom. The van der Waals surface area contributed by atoms with E-state index in [-0.39, 0.29) is 50.7 Å². The van der Waals surface area contributed by atoms with Crippen LogP contribution in [0.25, 0.3) is 16.9 Å². The van der Waals surface area contributed by atoms with Gasteiger partial charge >= 0.3 is 11.8 Å². The van der Waals surface area contributed by atoms with Crippen LogP contribution in [0.2, 0.25) is 0 Å². The average Bonchev–Trinajstić information content (AvgIpc) is 3.67. The largest absolute Gasteiger partial charge is 0.507 e. The van der Waals surface area contributed by atoms with Gasteiger partial charge in [0.15, 0.2) is 0 Å². The Labute approximate surface area is 330 Å². The van der Waals surface area contributed by atoms with Crippen molar-refractivity contribution in [2.75, 3.05) is 7.11 Å². The summed E-state index contributed by atoms with van der Waals surface area (Å²) >= 11 is 0. The number of aromatic hydroxyl groups is 1. The topological polar surface area (TPSA) is 196 Å². The molecule has 3 N–H and O–H groups in total. The minimum atomic E-state index is -1.99. The number of ketones is 2. The predicted octanol–water partition coefficient (Wildman–Crippen LogP) is 5.39. The number of esters is 1. The fraction of sp³-hybridized carbons (Fsp3) is 0.442. The number of aliphatic hydroxyl groups is 2. The van der Waals surface area contributed by atoms with Gasteiger partial charge in [0.2, 0.25) is 5.78 Å². The first kappa shape index (κ1) is 41.2. The molecule has 14 nitrogen and oxygen atoms in total. The molecule has 0 saturated carbocycles. The van der Waals surface area contributed by atoms with Crippen molar-refractivity contribution in [1.82, 2.24) is 9.38 Å². The van der Waals surface area contributed by atoms with Crippen molar-refractivity contribution < 1.29 is 53.4 Å². The Kier molecular flexibility index (Phi) is 11.2. The first-order chi connectivity index (χ1) is 26.8. The number of imidazole rings is 1. The van der Waals surface area contributed by atoms with E-state index in [0.29, 0.717) is 5.65 Å². The molecule has 2 aromatic heterocycles. The second-order valence-corrected chi connectivity index (χ2v) is 15.5. The fourth-order valence-electron chi connectivity index (χ4n) is 7.96. The third-order valence-electron chi connectivity index (χ3n) is 11.4. The number of hydrogen-bond acceptors (Lipinski definition) is 12. The molecule has 14 heteroatoms. The number of allylic oxidation sites excluding steroid dienone is 2. The highest BCUT2D eigenvalue weighted by molar-refractivity contribution is 6.56. The predicted molar refractivity (Wildman–Crippen MR) is 209 cm³/mol. The summed E-state index contributed by atoms with van der Waals surface area (Å²) in [5, 5.41) is 34.5. The van der Waals surface area contributed by atoms with Crippen LogP contribution in [0.15, 0.2) is 59.5 Å². The lowest BCUT2D eigenvalue weighted by Crippen LogP contribution is -2.46. The number of phenolic OH excluding ortho intramolecular Hbond substituents is 1. The molecule has 2 aliphatic heterocycles. The minimum Gasteiger partial charge on any atom is -0.507 e. The molecule has 0 saturated heterocycles. The molecule has 0 radical (unpaired) electrons. The van der Waals surface area contributed by atoms with Gasteiger partial charge in [0.25, 0.3) is 11.7 Å². The number of fused-ring (bicyclic) bond motifs is 6. The van der Waals surface area contributed by atoms with Gasteiger partial charge in [-0.1, -0.05) is 45.9 Å². The van der Waals surface area contributed by atoms with E-state index in [1.165, 1.54) is 53.2 Å². The van der Waals surface area contributed by atoms with Crippen LogP contribution in [0.3, 0.4) is 0 Å². The van der Waals surface area contributed by atoms with Gasteiger partial charge in [0, 0.05) is 67.5 Å². The van der Waals surface area contributed by atoms with Crippen LogP contribution in [-0.2, 0) is 23.8 Å². The van der Waals surface area contributed by atoms with E-state index in [0.717, 1.165) is 5.56 Å². The highest BCUT2D eigenvalue weighted by Gasteiger charge is 2.52. The molecule has 4 heterocycles. The van der Waals surface area contributed by atoms with E-state index >= 15 is 0 Å². The summed E-state index contributed by atoms with van der Waals surface area (Å²) in [6.45, 7) is 14.5. The lowest BCUT2D eigenvalue weighted by molar-refractivity contribution is -0.160. The Morgan fingerprint density at radius 2 is 1.67 bits per heavy atom. The molecule has 0 fully saturated rings. The van der Waals surface area contributed by atoms with Crippen LogP contribution < -0.4 is 4.74 Å². The molecular weight excluding hydrogens is 734 g/mol. The summed E-state index contributed by atoms with van der Waals surface area (Å²) in [7, 11) is 1.45. The number of aliphatic hydroxyl groups excluding tert-OH is 2. The van der Waals surface area contributed by atoms with E-state index in [1.807, 2.05) is 6.92 Å². The van der Waals surface area contributed by atoms with E-state index < -0.39 is 83.1 Å². The fourth-order valence-corrected chi connectivity index (χ4v) is 7.96. The van der Waals surface area contributed by atoms with Crippen molar-refractivity contribution in [2.24, 2.45) is 28.7 Å². The highest BCUT2D eigenvalue weighted by atomic mass is 16.7. The second-order valence-electron chi connectivity index (χ2n) is 15.5. The maximum Gasteiger partial charge on any atom is 0.312 e. The van der Waals surface area contributed by atoms with Crippen molar-refractivity contribution >= 4 is 34.8 Å². The summed E-state index contributed by atoms with van der Waals surface area (Å²) in [6, 6.07) is 3.57. The normalized spacial score (nSPS) is 29.4. The molecule has 6 rings (SSSR count). The number of rotatable bonds is 2. The van der Waals surface area contributed by atoms with Crippen LogP contribution in [0, 0.1) is 37.5 Å². The zero-order valence-corrected chi connectivity index (χ0v) is 33.7. The highest BCUT2D eigenvalue weighted by Crippen LogP contribution is 2.52. The molecular formula is C43H49N3O11. The van der Waals surface area contributed by atoms with Crippen molar-refractivity contribution in [3.8, 4) is 22.8 Å². The van der Waals surface area contributed by atoms with Gasteiger partial charge in [-0.05, 0) is 44.5 Å². The Morgan fingerprint density at radius 1 is 0.965 bits per heavy atom. The first-order valence-corrected chi connectivity index (χ1v) is 18.9. The van der Waals surface area contributed by atoms with Gasteiger partial charge in [-0.25, -0.2) is 9.98 Å². The number of methoxy groups -OCH3 is 1. The Balaban J connectivity index is 1.56. The summed E-state index contributed by atoms with van der Waals surface area (Å²) in [5.74, 6) is -7.67. The third-order valence-corrected chi connectivity index (χ3v) is 11.4. The van der Waals surface area contributed by atoms with E-state index in [2.05, 4.69) is 4.99 Å². The summed E-state index contributed by atoms with van der Waals surface area (Å²) in [6.07, 6.45) is 5.38. The van der Waals surface area contributed by atoms with Crippen LogP contribution in [0.5, 0.6) is 11.5 Å². The number of aliphatic imine (C=N–C) groups is 1. The third kappa shape index (κ3) is 7.10. The maximum atomic E-state index is 14.5. The number of pyridine rings is 1. The van der Waals surface area contributed by atoms with Gasteiger partial charge in [-0.15, -0.1) is 0 Å². The summed E-state index contributed by atoms with van der Waals surface area (Å²) in [5.41, 5.74) is 1.26. The van der Waals surface area contributed by atoms with Gasteiger partial charge in [0.1, 0.15) is 40.3 Å². The molecule has 9 atom stereocenters. The Bertz CT molecular complexity index is 2300. The number of hydrogen-bond donors (Lipinski definition) is 3. The van der Waals surface area contributed by atoms with E-state index in [9.17, 15) is 34.5 Å². The number of aromatic nitrogens is 2. The zero-order chi connectivity index (χ0) is 41.8. The van der Waals surface area contributed by atoms with Crippen molar-refractivity contribution in [2.45, 2.75) is 92.5 Å². The number of aryl methyl sites for hydroxylation is 1. The molecule has 1 aliphatic carbocycles. The molecule has 0 spiro atoms. The molecule has 302 valence electrons. The lowest BCUT2D eigenvalue weighted by Gasteiger charge is -2.38. The SMILES string of the molecule is CO[C@H]1C=CO[C@@]2(C)Oc3c(C)c(O)c4c(c3C2=O)-c2nc3cc(C)ccn3c2C(=NC(=O)C(C)=CC=C[C@H](C)[C@H](O)[C@@H](C)[C@@H](O)[C@@H](C)[C@@H](OC(C)=O)[C@@H]1C)C4=O. The number of Topliss-reactive ketones (excluding diaryl/α,β-unsaturated/α-hetero) is 2. The van der Waals surface area contributed by atoms with E-state index in [1.54, 1.807) is 62.6 Å². The number of ether oxygens (including phenoxy) is 4. The number of carbonyl (C=O) groups is 4. The molecule has 0 unspecified atom stereocenters. The molecule has 3 aromatic rings. The van der Waals surface area contributed by atoms with Gasteiger partial charge < -0.3 is 34.3 Å². The average molecular weight is 784 g/mol. The quantitative estimate of drug-likeness (QED) is 0.281. The monoisotopic (exact) mass is 783 g/mol. The molecule has 1 aromatic carbocycles. The smallest absolute Gasteiger partial charge is 0.312 e. The van der Waals surface area contributed by atoms with Gasteiger partial charge in [0.05, 0.1) is 35.7 Å². The van der Waals surface area contributed by atoms with Crippen LogP contribution in [0.1, 0.15) is 86.0 Å². The maximum absolute atomic E-state index is 14.5. The number of nitrogens with zero attached hydrogens (tertiary/aromatic N) is 3. The summed E-state index contributed by atoms with van der Waals surface area (Å²) < 4.78 is 25.4. The van der Waals surface area contributed by atoms with Gasteiger partial charge in [-0.3, -0.25) is 23.6 Å². The van der Waals surface area contributed by atoms with E-state index in [4.69, 9.17) is 23.9 Å². The summed E-state index contributed by atoms with van der Waals surface area (Å²) in [4.78, 5) is 64.2. The standard InChI is InChI=1S/C43H49N3O11/c1-19-14-16-46-28(18-19)44-32-29-30-37(50)25(7)40-31(29)41(52)43(9,57-40)55-17-15-27(54-10)22(4)39(56-26(8)47)24(6)36(49)23(5)35(48)20(2)12-11-13-21(3)42(53)45-33(34(32)46)38(30)51/h11-18,20,22-24,27,35-36,39,48-50H,1-10H3/t20-,22+,23+,24+,27-,35-,36+,39-,43-/m0/s1. The second kappa shape index (κ2) is 15.5. The molecule has 3 aliphatic rings. The molecule has 57 heavy (non-hydrogen) atoms. The van der Waals surface area contributed by atoms with Crippen molar-refractivity contribution in [1.29, 1.82) is 0 Å². The number of phenols is 1. The van der Waals surface area contributed by atoms with Crippen LogP contribution >= 0.6 is 0 Å². The lowest BCUT2D eigenvalue weighted by atomic mass is 9.78. The van der Waals surface area contributed by atoms with Crippen molar-refractivity contribution in [3.63, 3.8) is 0 Å². The molecule has 5 bridgehead atoms. The first-order valence-electron chi connectivity index (χ1n) is 18.9. The molecule has 1 amide bonds. The Hall–Kier alpha value is -5.44. The van der Waals surface area contributed by atoms with Crippen LogP contribution in [0.4, 0.5) is 0 Å². The number of carbonyl (C=O) groups excluding carboxylic acids is 4. The zero-order valence-electron chi connectivity index (χ0n) is 33.7. The number of amides is 1. The van der Waals surface area contributed by atoms with Crippen LogP contribution in [-0.4, -0.2) is 91.2 Å². The van der Waals surface area contributed by atoms with Gasteiger partial charge in [-0.2, -0.15) is 0 Å². The number of benzene rings is 1. The minimum absolute atomic E-state index is 0.00776. The van der Waals surface area contributed by atoms with Crippen molar-refractivity contribution in [3.05, 3.63) is 82.4 Å².